The summed E-state index contributed by atoms with van der Waals surface area (Å²) in [4.78, 5) is 0. The third-order valence-corrected chi connectivity index (χ3v) is 2.50. The normalized spacial score (nSPS) is 12.0. The number of hydrogen-bond donors (Lipinski definition) is 1. The largest absolute Gasteiger partial charge is 0.267 e. The average Bonchev–Trinajstić information content (AvgIpc) is 2.14. The van der Waals surface area contributed by atoms with Gasteiger partial charge in [0.2, 0.25) is 0 Å². The van der Waals surface area contributed by atoms with E-state index in [0.717, 1.165) is 5.56 Å². The maximum atomic E-state index is 10.2. The lowest BCUT2D eigenvalue weighted by Crippen LogP contribution is -2.10. The van der Waals surface area contributed by atoms with Gasteiger partial charge in [-0.25, -0.2) is 8.42 Å². The fraction of sp³-hybridized carbons (Fsp3) is 0.455. The van der Waals surface area contributed by atoms with E-state index in [-0.39, 0.29) is 12.0 Å². The summed E-state index contributed by atoms with van der Waals surface area (Å²) in [6.45, 7) is 6.51. The summed E-state index contributed by atoms with van der Waals surface area (Å²) in [6, 6.07) is 7.77. The van der Waals surface area contributed by atoms with Gasteiger partial charge in [-0.2, -0.15) is 0 Å². The van der Waals surface area contributed by atoms with Gasteiger partial charge >= 0.3 is 0 Å². The zero-order valence-electron chi connectivity index (χ0n) is 9.19. The van der Waals surface area contributed by atoms with E-state index in [1.807, 2.05) is 24.3 Å². The van der Waals surface area contributed by atoms with Gasteiger partial charge in [-0.1, -0.05) is 45.0 Å². The second-order valence-corrected chi connectivity index (χ2v) is 5.15. The predicted molar refractivity (Wildman–Crippen MR) is 60.2 cm³/mol. The molecule has 0 spiro atoms. The molecule has 1 rings (SSSR count). The Bertz CT molecular complexity index is 377. The third kappa shape index (κ3) is 4.01. The molecule has 0 unspecified atom stereocenters. The molecule has 15 heavy (non-hydrogen) atoms. The lowest BCUT2D eigenvalue weighted by molar-refractivity contribution is 0.323. The van der Waals surface area contributed by atoms with Crippen LogP contribution in [0.2, 0.25) is 0 Å². The van der Waals surface area contributed by atoms with Crippen LogP contribution in [0.25, 0.3) is 0 Å². The molecule has 0 heterocycles. The Balaban J connectivity index is 2.73. The van der Waals surface area contributed by atoms with Gasteiger partial charge in [-0.15, -0.1) is 0 Å². The summed E-state index contributed by atoms with van der Waals surface area (Å²) < 4.78 is 24.9. The fourth-order valence-electron chi connectivity index (χ4n) is 1.23. The Morgan fingerprint density at radius 3 is 2.07 bits per heavy atom. The Morgan fingerprint density at radius 1 is 1.13 bits per heavy atom. The molecule has 0 bridgehead atoms. The topological polar surface area (TPSA) is 43.4 Å². The first-order valence-corrected chi connectivity index (χ1v) is 5.86. The van der Waals surface area contributed by atoms with Gasteiger partial charge in [0.25, 0.3) is 11.0 Å². The first-order valence-electron chi connectivity index (χ1n) is 4.76. The van der Waals surface area contributed by atoms with Crippen LogP contribution in [0.3, 0.4) is 0 Å². The average molecular weight is 228 g/mol. The maximum Gasteiger partial charge on any atom is 0.257 e. The van der Waals surface area contributed by atoms with Gasteiger partial charge in [0.15, 0.2) is 0 Å². The van der Waals surface area contributed by atoms with E-state index in [4.69, 9.17) is 0 Å². The summed E-state index contributed by atoms with van der Waals surface area (Å²) in [5, 5.41) is 0. The van der Waals surface area contributed by atoms with Gasteiger partial charge < -0.3 is 0 Å². The van der Waals surface area contributed by atoms with E-state index in [1.54, 1.807) is 0 Å². The summed E-state index contributed by atoms with van der Waals surface area (Å²) in [5.74, 6) is 0. The van der Waals surface area contributed by atoms with Crippen molar-refractivity contribution in [2.45, 2.75) is 32.8 Å². The minimum Gasteiger partial charge on any atom is -0.267 e. The molecule has 4 heteroatoms. The molecule has 0 atom stereocenters. The minimum atomic E-state index is -2.75. The molecule has 0 radical (unpaired) electrons. The Hall–Kier alpha value is -0.870. The monoisotopic (exact) mass is 228 g/mol. The lowest BCUT2D eigenvalue weighted by atomic mass is 9.87. The molecule has 0 amide bonds. The Kier molecular flexibility index (Phi) is 3.88. The molecule has 0 N–H and O–H groups in total. The Morgan fingerprint density at radius 2 is 1.67 bits per heavy atom. The number of thiol groups is 1. The molecule has 0 saturated carbocycles. The number of rotatable bonds is 3. The quantitative estimate of drug-likeness (QED) is 0.805. The van der Waals surface area contributed by atoms with Crippen LogP contribution in [0, 0.1) is 0 Å². The summed E-state index contributed by atoms with van der Waals surface area (Å²) >= 11 is 0. The van der Waals surface area contributed by atoms with Gasteiger partial charge in [0, 0.05) is 0 Å². The van der Waals surface area contributed by atoms with Crippen LogP contribution >= 0.6 is 0 Å². The van der Waals surface area contributed by atoms with Crippen molar-refractivity contribution >= 4 is 11.0 Å². The van der Waals surface area contributed by atoms with Crippen LogP contribution in [0.15, 0.2) is 24.3 Å². The zero-order valence-corrected chi connectivity index (χ0v) is 10.1. The molecular weight excluding hydrogens is 212 g/mol. The zero-order chi connectivity index (χ0) is 11.5. The summed E-state index contributed by atoms with van der Waals surface area (Å²) in [5.41, 5.74) is 2.20. The standard InChI is InChI=1S/C11H16O3S/c1-11(2,3)10-6-4-9(5-7-10)8-14-15(12)13/h4-7,15H,8H2,1-3H3. The first-order chi connectivity index (χ1) is 6.89. The van der Waals surface area contributed by atoms with Gasteiger partial charge in [0.05, 0.1) is 6.61 Å². The fourth-order valence-corrected chi connectivity index (χ4v) is 1.48. The van der Waals surface area contributed by atoms with E-state index in [2.05, 4.69) is 25.0 Å². The molecule has 0 aliphatic rings. The summed E-state index contributed by atoms with van der Waals surface area (Å²) in [6.07, 6.45) is 0. The van der Waals surface area contributed by atoms with Crippen LogP contribution in [0.4, 0.5) is 0 Å². The molecule has 0 saturated heterocycles. The SMILES string of the molecule is CC(C)(C)c1ccc(CO[SH](=O)=O)cc1. The number of hydrogen-bond acceptors (Lipinski definition) is 3. The molecule has 0 aliphatic heterocycles. The van der Waals surface area contributed by atoms with Gasteiger partial charge in [0.1, 0.15) is 0 Å². The highest BCUT2D eigenvalue weighted by atomic mass is 32.2. The molecule has 1 aromatic carbocycles. The van der Waals surface area contributed by atoms with Crippen LogP contribution in [-0.4, -0.2) is 8.42 Å². The van der Waals surface area contributed by atoms with E-state index >= 15 is 0 Å². The lowest BCUT2D eigenvalue weighted by Gasteiger charge is -2.18. The molecule has 1 aromatic rings. The molecular formula is C11H16O3S. The van der Waals surface area contributed by atoms with E-state index in [1.165, 1.54) is 5.56 Å². The van der Waals surface area contributed by atoms with Crippen molar-refractivity contribution < 1.29 is 12.6 Å². The Labute approximate surface area is 92.2 Å². The second-order valence-electron chi connectivity index (χ2n) is 4.44. The molecule has 0 fully saturated rings. The van der Waals surface area contributed by atoms with Gasteiger partial charge in [-0.05, 0) is 16.5 Å². The number of benzene rings is 1. The van der Waals surface area contributed by atoms with Crippen LogP contribution in [-0.2, 0) is 27.2 Å². The first kappa shape index (κ1) is 12.2. The molecule has 0 aromatic heterocycles. The van der Waals surface area contributed by atoms with Crippen molar-refractivity contribution in [3.05, 3.63) is 35.4 Å². The smallest absolute Gasteiger partial charge is 0.257 e. The minimum absolute atomic E-state index is 0.114. The second kappa shape index (κ2) is 4.77. The van der Waals surface area contributed by atoms with Crippen LogP contribution in [0.5, 0.6) is 0 Å². The third-order valence-electron chi connectivity index (χ3n) is 2.16. The van der Waals surface area contributed by atoms with Crippen LogP contribution < -0.4 is 0 Å². The summed E-state index contributed by atoms with van der Waals surface area (Å²) in [7, 11) is -2.75. The van der Waals surface area contributed by atoms with E-state index in [9.17, 15) is 8.42 Å². The van der Waals surface area contributed by atoms with Crippen LogP contribution in [0.1, 0.15) is 31.9 Å². The predicted octanol–water partition coefficient (Wildman–Crippen LogP) is 2.03. The van der Waals surface area contributed by atoms with Crippen molar-refractivity contribution in [2.75, 3.05) is 0 Å². The van der Waals surface area contributed by atoms with Crippen molar-refractivity contribution in [3.8, 4) is 0 Å². The van der Waals surface area contributed by atoms with Crippen molar-refractivity contribution in [3.63, 3.8) is 0 Å². The van der Waals surface area contributed by atoms with E-state index < -0.39 is 11.0 Å². The van der Waals surface area contributed by atoms with Crippen molar-refractivity contribution in [2.24, 2.45) is 0 Å². The molecule has 0 aliphatic carbocycles. The highest BCUT2D eigenvalue weighted by molar-refractivity contribution is 7.67. The van der Waals surface area contributed by atoms with E-state index in [0.29, 0.717) is 0 Å². The molecule has 84 valence electrons. The highest BCUT2D eigenvalue weighted by Crippen LogP contribution is 2.22. The van der Waals surface area contributed by atoms with Gasteiger partial charge in [-0.3, -0.25) is 4.18 Å². The molecule has 3 nitrogen and oxygen atoms in total. The maximum absolute atomic E-state index is 10.2. The van der Waals surface area contributed by atoms with Crippen molar-refractivity contribution in [1.29, 1.82) is 0 Å². The van der Waals surface area contributed by atoms with Crippen molar-refractivity contribution in [1.82, 2.24) is 0 Å². The highest BCUT2D eigenvalue weighted by Gasteiger charge is 2.12.